The van der Waals surface area contributed by atoms with Crippen molar-refractivity contribution in [2.24, 2.45) is 5.10 Å². The summed E-state index contributed by atoms with van der Waals surface area (Å²) in [5.41, 5.74) is 2.67. The molecule has 0 saturated carbocycles. The molecule has 2 rings (SSSR count). The van der Waals surface area contributed by atoms with Crippen molar-refractivity contribution in [3.8, 4) is 0 Å². The molecule has 1 aliphatic heterocycles. The summed E-state index contributed by atoms with van der Waals surface area (Å²) >= 11 is 3.08. The first-order chi connectivity index (χ1) is 9.15. The first-order valence-electron chi connectivity index (χ1n) is 5.71. The van der Waals surface area contributed by atoms with Crippen molar-refractivity contribution < 1.29 is 9.59 Å². The zero-order chi connectivity index (χ0) is 13.7. The normalized spacial score (nSPS) is 14.8. The van der Waals surface area contributed by atoms with Gasteiger partial charge in [0.2, 0.25) is 5.91 Å². The molecule has 0 bridgehead atoms. The number of nitrogens with one attached hydrogen (secondary N) is 2. The zero-order valence-corrected chi connectivity index (χ0v) is 11.9. The van der Waals surface area contributed by atoms with Gasteiger partial charge in [0.1, 0.15) is 10.7 Å². The molecule has 0 aliphatic carbocycles. The van der Waals surface area contributed by atoms with Crippen LogP contribution in [0.25, 0.3) is 0 Å². The Balaban J connectivity index is 1.68. The molecule has 0 spiro atoms. The third kappa shape index (κ3) is 4.28. The molecule has 0 aromatic carbocycles. The highest BCUT2D eigenvalue weighted by atomic mass is 32.2. The van der Waals surface area contributed by atoms with E-state index in [1.54, 1.807) is 11.8 Å². The van der Waals surface area contributed by atoms with Crippen molar-refractivity contribution in [3.05, 3.63) is 5.01 Å². The van der Waals surface area contributed by atoms with E-state index >= 15 is 0 Å². The van der Waals surface area contributed by atoms with Crippen LogP contribution in [0.1, 0.15) is 17.8 Å². The van der Waals surface area contributed by atoms with Crippen LogP contribution in [0.2, 0.25) is 0 Å². The Morgan fingerprint density at radius 1 is 1.47 bits per heavy atom. The lowest BCUT2D eigenvalue weighted by atomic mass is 10.2. The van der Waals surface area contributed by atoms with Gasteiger partial charge in [0, 0.05) is 25.1 Å². The lowest BCUT2D eigenvalue weighted by molar-refractivity contribution is -0.121. The summed E-state index contributed by atoms with van der Waals surface area (Å²) in [6.07, 6.45) is 0.700. The Hall–Kier alpha value is -1.48. The first-order valence-corrected chi connectivity index (χ1v) is 7.52. The van der Waals surface area contributed by atoms with Crippen LogP contribution in [0.3, 0.4) is 0 Å². The first kappa shape index (κ1) is 13.9. The van der Waals surface area contributed by atoms with E-state index < -0.39 is 0 Å². The predicted molar refractivity (Wildman–Crippen MR) is 73.2 cm³/mol. The van der Waals surface area contributed by atoms with Gasteiger partial charge in [-0.2, -0.15) is 5.10 Å². The summed E-state index contributed by atoms with van der Waals surface area (Å²) in [7, 11) is 0. The number of carbonyl (C=O) groups excluding carboxylic acids is 2. The van der Waals surface area contributed by atoms with E-state index in [-0.39, 0.29) is 11.8 Å². The molecule has 2 N–H and O–H groups in total. The van der Waals surface area contributed by atoms with Crippen LogP contribution in [-0.2, 0) is 9.59 Å². The van der Waals surface area contributed by atoms with Crippen molar-refractivity contribution in [2.75, 3.05) is 12.3 Å². The van der Waals surface area contributed by atoms with Crippen molar-refractivity contribution >= 4 is 40.6 Å². The third-order valence-corrected chi connectivity index (χ3v) is 4.26. The molecule has 2 amide bonds. The average molecular weight is 299 g/mol. The van der Waals surface area contributed by atoms with Crippen molar-refractivity contribution in [3.63, 3.8) is 0 Å². The molecular formula is C10H13N5O2S2. The van der Waals surface area contributed by atoms with Gasteiger partial charge in [-0.25, -0.2) is 5.43 Å². The van der Waals surface area contributed by atoms with Crippen molar-refractivity contribution in [1.29, 1.82) is 0 Å². The molecule has 1 aliphatic rings. The molecule has 0 unspecified atom stereocenters. The van der Waals surface area contributed by atoms with E-state index in [9.17, 15) is 9.59 Å². The highest BCUT2D eigenvalue weighted by Crippen LogP contribution is 2.20. The van der Waals surface area contributed by atoms with E-state index in [4.69, 9.17) is 0 Å². The fourth-order valence-corrected chi connectivity index (χ4v) is 3.12. The number of amides is 2. The summed E-state index contributed by atoms with van der Waals surface area (Å²) < 4.78 is 0.897. The van der Waals surface area contributed by atoms with E-state index in [1.807, 2.05) is 6.92 Å². The Bertz CT molecular complexity index is 514. The second kappa shape index (κ2) is 6.62. The fraction of sp³-hybridized carbons (Fsp3) is 0.500. The minimum absolute atomic E-state index is 0.154. The summed E-state index contributed by atoms with van der Waals surface area (Å²) in [5.74, 6) is 0.341. The largest absolute Gasteiger partial charge is 0.350 e. The molecule has 19 heavy (non-hydrogen) atoms. The Morgan fingerprint density at radius 2 is 2.32 bits per heavy atom. The number of hydrazone groups is 1. The minimum Gasteiger partial charge on any atom is -0.350 e. The van der Waals surface area contributed by atoms with Crippen LogP contribution in [0.5, 0.6) is 0 Å². The Kier molecular flexibility index (Phi) is 4.86. The maximum absolute atomic E-state index is 11.7. The number of aromatic nitrogens is 2. The molecule has 7 nitrogen and oxygen atoms in total. The molecule has 0 atom stereocenters. The van der Waals surface area contributed by atoms with Crippen molar-refractivity contribution in [2.45, 2.75) is 24.1 Å². The van der Waals surface area contributed by atoms with E-state index in [0.717, 1.165) is 15.1 Å². The van der Waals surface area contributed by atoms with E-state index in [1.165, 1.54) is 11.3 Å². The summed E-state index contributed by atoms with van der Waals surface area (Å²) in [4.78, 5) is 22.6. The minimum atomic E-state index is -0.228. The Morgan fingerprint density at radius 3 is 2.95 bits per heavy atom. The number of thioether (sulfide) groups is 1. The second-order valence-corrected chi connectivity index (χ2v) is 6.31. The predicted octanol–water partition coefficient (Wildman–Crippen LogP) is 0.321. The van der Waals surface area contributed by atoms with Gasteiger partial charge in [-0.15, -0.1) is 10.2 Å². The van der Waals surface area contributed by atoms with Crippen LogP contribution >= 0.6 is 23.1 Å². The van der Waals surface area contributed by atoms with E-state index in [0.29, 0.717) is 25.1 Å². The molecular weight excluding hydrogens is 286 g/mol. The number of nitrogens with zero attached hydrogens (tertiary/aromatic N) is 3. The molecule has 0 fully saturated rings. The maximum atomic E-state index is 11.7. The van der Waals surface area contributed by atoms with Gasteiger partial charge in [-0.3, -0.25) is 9.59 Å². The summed E-state index contributed by atoms with van der Waals surface area (Å²) in [6, 6.07) is 0. The topological polar surface area (TPSA) is 96.3 Å². The fourth-order valence-electron chi connectivity index (χ4n) is 1.38. The molecule has 102 valence electrons. The standard InChI is InChI=1S/C10H13N5O2S2/c1-6-12-15-10(19-6)18-5-4-11-9(17)7-2-3-8(16)14-13-7/h2-5H2,1H3,(H,11,17)(H,14,16). The second-order valence-electron chi connectivity index (χ2n) is 3.78. The number of rotatable bonds is 5. The lowest BCUT2D eigenvalue weighted by Gasteiger charge is -2.11. The summed E-state index contributed by atoms with van der Waals surface area (Å²) in [6.45, 7) is 2.42. The van der Waals surface area contributed by atoms with Gasteiger partial charge in [0.15, 0.2) is 4.34 Å². The van der Waals surface area contributed by atoms with Gasteiger partial charge >= 0.3 is 0 Å². The van der Waals surface area contributed by atoms with Crippen LogP contribution < -0.4 is 10.7 Å². The van der Waals surface area contributed by atoms with Gasteiger partial charge in [0.25, 0.3) is 5.91 Å². The number of hydrogen-bond donors (Lipinski definition) is 2. The number of carbonyl (C=O) groups is 2. The zero-order valence-electron chi connectivity index (χ0n) is 10.3. The SMILES string of the molecule is Cc1nnc(SCCNC(=O)C2=NNC(=O)CC2)s1. The van der Waals surface area contributed by atoms with Crippen LogP contribution in [0.15, 0.2) is 9.44 Å². The highest BCUT2D eigenvalue weighted by Gasteiger charge is 2.17. The molecule has 1 aromatic heterocycles. The van der Waals surface area contributed by atoms with Crippen LogP contribution in [-0.4, -0.2) is 40.0 Å². The van der Waals surface area contributed by atoms with Gasteiger partial charge in [0.05, 0.1) is 0 Å². The molecule has 1 aromatic rings. The number of hydrogen-bond acceptors (Lipinski definition) is 7. The Labute approximate surface area is 118 Å². The molecule has 0 radical (unpaired) electrons. The number of aryl methyl sites for hydroxylation is 1. The lowest BCUT2D eigenvalue weighted by Crippen LogP contribution is -2.37. The quantitative estimate of drug-likeness (QED) is 0.603. The monoisotopic (exact) mass is 299 g/mol. The maximum Gasteiger partial charge on any atom is 0.267 e. The van der Waals surface area contributed by atoms with E-state index in [2.05, 4.69) is 26.0 Å². The van der Waals surface area contributed by atoms with Crippen LogP contribution in [0.4, 0.5) is 0 Å². The van der Waals surface area contributed by atoms with Gasteiger partial charge in [-0.1, -0.05) is 23.1 Å². The third-order valence-electron chi connectivity index (χ3n) is 2.29. The summed E-state index contributed by atoms with van der Waals surface area (Å²) in [5, 5.41) is 15.3. The molecule has 2 heterocycles. The van der Waals surface area contributed by atoms with Crippen LogP contribution in [0, 0.1) is 6.92 Å². The van der Waals surface area contributed by atoms with Crippen molar-refractivity contribution in [1.82, 2.24) is 20.9 Å². The smallest absolute Gasteiger partial charge is 0.267 e. The van der Waals surface area contributed by atoms with Gasteiger partial charge in [-0.05, 0) is 6.92 Å². The molecule has 9 heteroatoms. The van der Waals surface area contributed by atoms with Gasteiger partial charge < -0.3 is 5.32 Å². The molecule has 0 saturated heterocycles. The highest BCUT2D eigenvalue weighted by molar-refractivity contribution is 8.01. The average Bonchev–Trinajstić information content (AvgIpc) is 2.81.